The van der Waals surface area contributed by atoms with E-state index in [4.69, 9.17) is 16.4 Å². The van der Waals surface area contributed by atoms with E-state index in [1.165, 1.54) is 12.1 Å². The average molecular weight is 259 g/mol. The SMILES string of the molecule is CC(C)(C)ONCc1ccc(Cl)c([N+](=O)[O-])c1. The van der Waals surface area contributed by atoms with Gasteiger partial charge in [-0.05, 0) is 32.4 Å². The van der Waals surface area contributed by atoms with Crippen LogP contribution in [-0.4, -0.2) is 10.5 Å². The quantitative estimate of drug-likeness (QED) is 0.666. The number of nitrogens with zero attached hydrogens (tertiary/aromatic N) is 1. The van der Waals surface area contributed by atoms with Gasteiger partial charge in [0.2, 0.25) is 0 Å². The number of hydrogen-bond donors (Lipinski definition) is 1. The fraction of sp³-hybridized carbons (Fsp3) is 0.455. The third kappa shape index (κ3) is 4.68. The van der Waals surface area contributed by atoms with Crippen molar-refractivity contribution >= 4 is 17.3 Å². The molecule has 0 fully saturated rings. The van der Waals surface area contributed by atoms with Gasteiger partial charge in [-0.25, -0.2) is 0 Å². The van der Waals surface area contributed by atoms with Crippen LogP contribution < -0.4 is 5.48 Å². The monoisotopic (exact) mass is 258 g/mol. The summed E-state index contributed by atoms with van der Waals surface area (Å²) >= 11 is 5.70. The highest BCUT2D eigenvalue weighted by molar-refractivity contribution is 6.32. The van der Waals surface area contributed by atoms with Gasteiger partial charge in [0.05, 0.1) is 10.5 Å². The Bertz CT molecular complexity index is 416. The van der Waals surface area contributed by atoms with Crippen LogP contribution in [0.5, 0.6) is 0 Å². The lowest BCUT2D eigenvalue weighted by atomic mass is 10.2. The number of nitro groups is 1. The Morgan fingerprint density at radius 1 is 1.47 bits per heavy atom. The highest BCUT2D eigenvalue weighted by Gasteiger charge is 2.13. The van der Waals surface area contributed by atoms with Crippen LogP contribution in [0.25, 0.3) is 0 Å². The van der Waals surface area contributed by atoms with Gasteiger partial charge in [-0.1, -0.05) is 17.7 Å². The van der Waals surface area contributed by atoms with Gasteiger partial charge >= 0.3 is 0 Å². The van der Waals surface area contributed by atoms with Crippen molar-refractivity contribution in [2.75, 3.05) is 0 Å². The van der Waals surface area contributed by atoms with Gasteiger partial charge in [0.25, 0.3) is 5.69 Å². The summed E-state index contributed by atoms with van der Waals surface area (Å²) in [5.41, 5.74) is 3.10. The standard InChI is InChI=1S/C11H15ClN2O3/c1-11(2,3)17-13-7-8-4-5-9(12)10(6-8)14(15)16/h4-6,13H,7H2,1-3H3. The van der Waals surface area contributed by atoms with E-state index in [2.05, 4.69) is 5.48 Å². The van der Waals surface area contributed by atoms with Gasteiger partial charge < -0.3 is 0 Å². The molecule has 6 heteroatoms. The first-order chi connectivity index (χ1) is 7.79. The predicted octanol–water partition coefficient (Wildman–Crippen LogP) is 3.07. The number of halogens is 1. The molecular weight excluding hydrogens is 244 g/mol. The lowest BCUT2D eigenvalue weighted by Crippen LogP contribution is -2.28. The normalized spacial score (nSPS) is 11.5. The lowest BCUT2D eigenvalue weighted by molar-refractivity contribution is -0.384. The van der Waals surface area contributed by atoms with Crippen LogP contribution in [0, 0.1) is 10.1 Å². The molecule has 0 atom stereocenters. The molecule has 1 N–H and O–H groups in total. The molecule has 0 saturated heterocycles. The molecule has 94 valence electrons. The predicted molar refractivity (Wildman–Crippen MR) is 65.8 cm³/mol. The summed E-state index contributed by atoms with van der Waals surface area (Å²) in [6.07, 6.45) is 0. The van der Waals surface area contributed by atoms with Gasteiger partial charge in [0, 0.05) is 12.6 Å². The molecule has 0 saturated carbocycles. The summed E-state index contributed by atoms with van der Waals surface area (Å²) in [7, 11) is 0. The number of nitrogens with one attached hydrogen (secondary N) is 1. The van der Waals surface area contributed by atoms with E-state index in [1.54, 1.807) is 6.07 Å². The minimum atomic E-state index is -0.504. The summed E-state index contributed by atoms with van der Waals surface area (Å²) in [6.45, 7) is 6.11. The van der Waals surface area contributed by atoms with Gasteiger partial charge in [-0.2, -0.15) is 5.48 Å². The van der Waals surface area contributed by atoms with Crippen molar-refractivity contribution in [2.45, 2.75) is 32.9 Å². The molecule has 0 amide bonds. The molecule has 0 spiro atoms. The summed E-state index contributed by atoms with van der Waals surface area (Å²) in [5.74, 6) is 0. The highest BCUT2D eigenvalue weighted by atomic mass is 35.5. The summed E-state index contributed by atoms with van der Waals surface area (Å²) < 4.78 is 0. The first-order valence-electron chi connectivity index (χ1n) is 5.13. The molecule has 0 aromatic heterocycles. The fourth-order valence-corrected chi connectivity index (χ4v) is 1.33. The zero-order chi connectivity index (χ0) is 13.1. The van der Waals surface area contributed by atoms with E-state index in [-0.39, 0.29) is 16.3 Å². The van der Waals surface area contributed by atoms with E-state index in [0.717, 1.165) is 5.56 Å². The van der Waals surface area contributed by atoms with Crippen molar-refractivity contribution in [3.8, 4) is 0 Å². The largest absolute Gasteiger partial charge is 0.296 e. The molecule has 0 aliphatic carbocycles. The van der Waals surface area contributed by atoms with Crippen molar-refractivity contribution < 1.29 is 9.76 Å². The van der Waals surface area contributed by atoms with Crippen molar-refractivity contribution in [1.29, 1.82) is 0 Å². The molecule has 0 aliphatic heterocycles. The minimum Gasteiger partial charge on any atom is -0.296 e. The Labute approximate surface area is 105 Å². The minimum absolute atomic E-state index is 0.0956. The zero-order valence-corrected chi connectivity index (χ0v) is 10.7. The molecule has 1 aromatic carbocycles. The molecule has 0 radical (unpaired) electrons. The van der Waals surface area contributed by atoms with Crippen LogP contribution in [0.1, 0.15) is 26.3 Å². The average Bonchev–Trinajstić information content (AvgIpc) is 2.18. The molecule has 1 rings (SSSR count). The Hall–Kier alpha value is -1.17. The van der Waals surface area contributed by atoms with Crippen molar-refractivity contribution in [1.82, 2.24) is 5.48 Å². The third-order valence-electron chi connectivity index (χ3n) is 1.86. The van der Waals surface area contributed by atoms with E-state index >= 15 is 0 Å². The van der Waals surface area contributed by atoms with Gasteiger partial charge in [0.15, 0.2) is 0 Å². The molecule has 0 unspecified atom stereocenters. The summed E-state index contributed by atoms with van der Waals surface area (Å²) in [5, 5.41) is 10.8. The van der Waals surface area contributed by atoms with E-state index in [0.29, 0.717) is 6.54 Å². The fourth-order valence-electron chi connectivity index (χ4n) is 1.14. The second-order valence-electron chi connectivity index (χ2n) is 4.58. The van der Waals surface area contributed by atoms with Gasteiger partial charge in [0.1, 0.15) is 5.02 Å². The van der Waals surface area contributed by atoms with Crippen LogP contribution in [0.2, 0.25) is 5.02 Å². The van der Waals surface area contributed by atoms with E-state index in [9.17, 15) is 10.1 Å². The molecule has 0 bridgehead atoms. The maximum Gasteiger partial charge on any atom is 0.288 e. The van der Waals surface area contributed by atoms with Gasteiger partial charge in [-0.15, -0.1) is 0 Å². The maximum absolute atomic E-state index is 10.7. The van der Waals surface area contributed by atoms with Crippen LogP contribution in [0.4, 0.5) is 5.69 Å². The third-order valence-corrected chi connectivity index (χ3v) is 2.18. The molecule has 1 aromatic rings. The first kappa shape index (κ1) is 13.9. The number of hydroxylamine groups is 1. The lowest BCUT2D eigenvalue weighted by Gasteiger charge is -2.19. The Morgan fingerprint density at radius 3 is 2.65 bits per heavy atom. The second kappa shape index (κ2) is 5.44. The number of nitro benzene ring substituents is 1. The van der Waals surface area contributed by atoms with Crippen LogP contribution in [0.15, 0.2) is 18.2 Å². The van der Waals surface area contributed by atoms with E-state index < -0.39 is 4.92 Å². The summed E-state index contributed by atoms with van der Waals surface area (Å²) in [4.78, 5) is 15.5. The number of rotatable bonds is 4. The van der Waals surface area contributed by atoms with Crippen LogP contribution >= 0.6 is 11.6 Å². The highest BCUT2D eigenvalue weighted by Crippen LogP contribution is 2.25. The maximum atomic E-state index is 10.7. The number of benzene rings is 1. The zero-order valence-electron chi connectivity index (χ0n) is 9.99. The Morgan fingerprint density at radius 2 is 2.12 bits per heavy atom. The molecule has 17 heavy (non-hydrogen) atoms. The van der Waals surface area contributed by atoms with Gasteiger partial charge in [-0.3, -0.25) is 15.0 Å². The smallest absolute Gasteiger partial charge is 0.288 e. The summed E-state index contributed by atoms with van der Waals surface area (Å²) in [6, 6.07) is 4.66. The topological polar surface area (TPSA) is 64.4 Å². The molecule has 5 nitrogen and oxygen atoms in total. The van der Waals surface area contributed by atoms with Crippen LogP contribution in [-0.2, 0) is 11.4 Å². The van der Waals surface area contributed by atoms with Crippen LogP contribution in [0.3, 0.4) is 0 Å². The van der Waals surface area contributed by atoms with E-state index in [1.807, 2.05) is 20.8 Å². The molecule has 0 aliphatic rings. The number of hydrogen-bond acceptors (Lipinski definition) is 4. The Kier molecular flexibility index (Phi) is 4.45. The Balaban J connectivity index is 2.67. The van der Waals surface area contributed by atoms with Crippen molar-refractivity contribution in [3.63, 3.8) is 0 Å². The molecular formula is C11H15ClN2O3. The van der Waals surface area contributed by atoms with Crippen molar-refractivity contribution in [3.05, 3.63) is 38.9 Å². The molecule has 0 heterocycles. The van der Waals surface area contributed by atoms with Crippen molar-refractivity contribution in [2.24, 2.45) is 0 Å². The second-order valence-corrected chi connectivity index (χ2v) is 4.99. The first-order valence-corrected chi connectivity index (χ1v) is 5.51.